The lowest BCUT2D eigenvalue weighted by molar-refractivity contribution is 0.158. The molecule has 1 aromatic heterocycles. The minimum Gasteiger partial charge on any atom is -0.384 e. The van der Waals surface area contributed by atoms with Crippen molar-refractivity contribution in [2.75, 3.05) is 13.7 Å². The van der Waals surface area contributed by atoms with E-state index in [1.165, 1.54) is 4.57 Å². The maximum atomic E-state index is 11.3. The van der Waals surface area contributed by atoms with Crippen LogP contribution in [0.2, 0.25) is 0 Å². The standard InChI is InChI=1S/C9H18N4O3S/c1-4-13-8(5-7(2)6-16-3)11-12-9(13)17(10,14)15/h7H,4-6H2,1-3H3,(H2,10,14,15). The zero-order valence-electron chi connectivity index (χ0n) is 10.3. The smallest absolute Gasteiger partial charge is 0.273 e. The van der Waals surface area contributed by atoms with Crippen molar-refractivity contribution in [3.63, 3.8) is 0 Å². The van der Waals surface area contributed by atoms with Gasteiger partial charge in [0.05, 0.1) is 0 Å². The number of rotatable bonds is 6. The zero-order valence-corrected chi connectivity index (χ0v) is 11.1. The summed E-state index contributed by atoms with van der Waals surface area (Å²) in [5.41, 5.74) is 0. The fourth-order valence-electron chi connectivity index (χ4n) is 1.65. The van der Waals surface area contributed by atoms with Gasteiger partial charge in [-0.15, -0.1) is 10.2 Å². The Morgan fingerprint density at radius 1 is 1.47 bits per heavy atom. The first-order chi connectivity index (χ1) is 7.90. The van der Waals surface area contributed by atoms with Crippen molar-refractivity contribution in [1.82, 2.24) is 14.8 Å². The number of hydrogen-bond acceptors (Lipinski definition) is 5. The normalized spacial score (nSPS) is 13.9. The summed E-state index contributed by atoms with van der Waals surface area (Å²) in [5.74, 6) is 0.851. The molecule has 7 nitrogen and oxygen atoms in total. The molecule has 0 spiro atoms. The van der Waals surface area contributed by atoms with Crippen LogP contribution in [0.15, 0.2) is 5.16 Å². The molecule has 0 bridgehead atoms. The predicted molar refractivity (Wildman–Crippen MR) is 61.8 cm³/mol. The van der Waals surface area contributed by atoms with Crippen molar-refractivity contribution in [2.24, 2.45) is 11.1 Å². The van der Waals surface area contributed by atoms with Crippen LogP contribution >= 0.6 is 0 Å². The van der Waals surface area contributed by atoms with Crippen molar-refractivity contribution >= 4 is 10.0 Å². The Bertz CT molecular complexity index is 469. The number of aromatic nitrogens is 3. The Balaban J connectivity index is 2.99. The summed E-state index contributed by atoms with van der Waals surface area (Å²) in [5, 5.41) is 12.4. The number of sulfonamides is 1. The third kappa shape index (κ3) is 3.48. The highest BCUT2D eigenvalue weighted by Gasteiger charge is 2.20. The molecule has 0 amide bonds. The summed E-state index contributed by atoms with van der Waals surface area (Å²) in [6.45, 7) is 4.87. The highest BCUT2D eigenvalue weighted by Crippen LogP contribution is 2.11. The molecule has 0 aliphatic rings. The second-order valence-corrected chi connectivity index (χ2v) is 5.41. The van der Waals surface area contributed by atoms with E-state index in [0.717, 1.165) is 0 Å². The maximum Gasteiger partial charge on any atom is 0.273 e. The molecule has 17 heavy (non-hydrogen) atoms. The van der Waals surface area contributed by atoms with Gasteiger partial charge in [0.25, 0.3) is 15.2 Å². The molecule has 1 atom stereocenters. The van der Waals surface area contributed by atoms with Crippen molar-refractivity contribution in [1.29, 1.82) is 0 Å². The van der Waals surface area contributed by atoms with Gasteiger partial charge in [0.15, 0.2) is 0 Å². The summed E-state index contributed by atoms with van der Waals surface area (Å²) >= 11 is 0. The SMILES string of the molecule is CCn1c(CC(C)COC)nnc1S(N)(=O)=O. The second-order valence-electron chi connectivity index (χ2n) is 3.95. The van der Waals surface area contributed by atoms with E-state index in [1.807, 2.05) is 13.8 Å². The average Bonchev–Trinajstić information content (AvgIpc) is 2.60. The van der Waals surface area contributed by atoms with Gasteiger partial charge in [-0.25, -0.2) is 13.6 Å². The molecule has 0 aromatic carbocycles. The van der Waals surface area contributed by atoms with Gasteiger partial charge in [-0.05, 0) is 12.8 Å². The van der Waals surface area contributed by atoms with Gasteiger partial charge in [0.2, 0.25) is 0 Å². The number of primary sulfonamides is 1. The molecule has 0 aliphatic carbocycles. The molecule has 1 unspecified atom stereocenters. The maximum absolute atomic E-state index is 11.3. The lowest BCUT2D eigenvalue weighted by atomic mass is 10.1. The Hall–Kier alpha value is -0.990. The predicted octanol–water partition coefficient (Wildman–Crippen LogP) is -0.230. The molecule has 1 rings (SSSR count). The molecule has 0 aliphatic heterocycles. The molecular weight excluding hydrogens is 244 g/mol. The van der Waals surface area contributed by atoms with Gasteiger partial charge in [0, 0.05) is 26.7 Å². The Morgan fingerprint density at radius 3 is 2.59 bits per heavy atom. The van der Waals surface area contributed by atoms with E-state index in [4.69, 9.17) is 9.88 Å². The number of nitrogens with zero attached hydrogens (tertiary/aromatic N) is 3. The quantitative estimate of drug-likeness (QED) is 0.763. The number of ether oxygens (including phenoxy) is 1. The van der Waals surface area contributed by atoms with Crippen LogP contribution in [0.4, 0.5) is 0 Å². The van der Waals surface area contributed by atoms with E-state index < -0.39 is 10.0 Å². The largest absolute Gasteiger partial charge is 0.384 e. The van der Waals surface area contributed by atoms with Gasteiger partial charge in [0.1, 0.15) is 5.82 Å². The Kier molecular flexibility index (Phi) is 4.61. The van der Waals surface area contributed by atoms with Gasteiger partial charge in [-0.2, -0.15) is 0 Å². The zero-order chi connectivity index (χ0) is 13.1. The van der Waals surface area contributed by atoms with Crippen LogP contribution in [-0.4, -0.2) is 36.9 Å². The molecule has 0 fully saturated rings. The number of methoxy groups -OCH3 is 1. The monoisotopic (exact) mass is 262 g/mol. The molecule has 98 valence electrons. The third-order valence-corrected chi connectivity index (χ3v) is 3.16. The first-order valence-corrected chi connectivity index (χ1v) is 6.88. The Morgan fingerprint density at radius 2 is 2.12 bits per heavy atom. The fraction of sp³-hybridized carbons (Fsp3) is 0.778. The molecule has 8 heteroatoms. The summed E-state index contributed by atoms with van der Waals surface area (Å²) in [4.78, 5) is 0. The summed E-state index contributed by atoms with van der Waals surface area (Å²) in [7, 11) is -2.19. The fourth-order valence-corrected chi connectivity index (χ4v) is 2.35. The molecule has 0 saturated heterocycles. The lowest BCUT2D eigenvalue weighted by Crippen LogP contribution is -2.20. The summed E-state index contributed by atoms with van der Waals surface area (Å²) < 4.78 is 29.1. The molecular formula is C9H18N4O3S. The van der Waals surface area contributed by atoms with Crippen molar-refractivity contribution in [2.45, 2.75) is 32.0 Å². The van der Waals surface area contributed by atoms with E-state index in [0.29, 0.717) is 25.4 Å². The number of nitrogens with two attached hydrogens (primary N) is 1. The minimum absolute atomic E-state index is 0.181. The van der Waals surface area contributed by atoms with Crippen LogP contribution < -0.4 is 5.14 Å². The van der Waals surface area contributed by atoms with E-state index in [2.05, 4.69) is 10.2 Å². The van der Waals surface area contributed by atoms with Crippen LogP contribution in [0.1, 0.15) is 19.7 Å². The Labute approximate surface area is 101 Å². The van der Waals surface area contributed by atoms with Crippen LogP contribution in [0.3, 0.4) is 0 Å². The topological polar surface area (TPSA) is 100 Å². The highest BCUT2D eigenvalue weighted by atomic mass is 32.2. The van der Waals surface area contributed by atoms with Gasteiger partial charge >= 0.3 is 0 Å². The summed E-state index contributed by atoms with van der Waals surface area (Å²) in [6.07, 6.45) is 0.601. The van der Waals surface area contributed by atoms with Gasteiger partial charge in [-0.3, -0.25) is 0 Å². The van der Waals surface area contributed by atoms with E-state index >= 15 is 0 Å². The van der Waals surface area contributed by atoms with Gasteiger partial charge in [-0.1, -0.05) is 6.92 Å². The van der Waals surface area contributed by atoms with Crippen LogP contribution in [0, 0.1) is 5.92 Å². The van der Waals surface area contributed by atoms with Crippen molar-refractivity contribution in [3.05, 3.63) is 5.82 Å². The molecule has 2 N–H and O–H groups in total. The number of hydrogen-bond donors (Lipinski definition) is 1. The minimum atomic E-state index is -3.81. The van der Waals surface area contributed by atoms with Crippen molar-refractivity contribution < 1.29 is 13.2 Å². The first kappa shape index (κ1) is 14.1. The highest BCUT2D eigenvalue weighted by molar-refractivity contribution is 7.89. The summed E-state index contributed by atoms with van der Waals surface area (Å²) in [6, 6.07) is 0. The lowest BCUT2D eigenvalue weighted by Gasteiger charge is -2.10. The van der Waals surface area contributed by atoms with Crippen molar-refractivity contribution in [3.8, 4) is 0 Å². The van der Waals surface area contributed by atoms with E-state index in [-0.39, 0.29) is 11.1 Å². The average molecular weight is 262 g/mol. The van der Waals surface area contributed by atoms with Crippen LogP contribution in [0.25, 0.3) is 0 Å². The van der Waals surface area contributed by atoms with Crippen LogP contribution in [-0.2, 0) is 27.7 Å². The van der Waals surface area contributed by atoms with E-state index in [1.54, 1.807) is 7.11 Å². The van der Waals surface area contributed by atoms with Crippen LogP contribution in [0.5, 0.6) is 0 Å². The van der Waals surface area contributed by atoms with E-state index in [9.17, 15) is 8.42 Å². The molecule has 1 heterocycles. The molecule has 0 saturated carbocycles. The van der Waals surface area contributed by atoms with Gasteiger partial charge < -0.3 is 9.30 Å². The second kappa shape index (κ2) is 5.56. The molecule has 1 aromatic rings. The first-order valence-electron chi connectivity index (χ1n) is 5.34. The third-order valence-electron chi connectivity index (χ3n) is 2.35. The molecule has 0 radical (unpaired) electrons.